The van der Waals surface area contributed by atoms with Gasteiger partial charge in [0.05, 0.1) is 6.61 Å². The van der Waals surface area contributed by atoms with Crippen molar-refractivity contribution in [1.29, 1.82) is 0 Å². The van der Waals surface area contributed by atoms with Gasteiger partial charge in [-0.05, 0) is 0 Å². The van der Waals surface area contributed by atoms with Crippen LogP contribution in [0.3, 0.4) is 0 Å². The van der Waals surface area contributed by atoms with Crippen LogP contribution in [0.15, 0.2) is 0 Å². The van der Waals surface area contributed by atoms with E-state index in [2.05, 4.69) is 4.74 Å². The van der Waals surface area contributed by atoms with Crippen molar-refractivity contribution in [2.75, 3.05) is 6.61 Å². The minimum Gasteiger partial charge on any atom is -0.394 e. The molecule has 0 bridgehead atoms. The number of rotatable bonds is 1. The Morgan fingerprint density at radius 1 is 1.23 bits per heavy atom. The van der Waals surface area contributed by atoms with Crippen LogP contribution in [0, 0.1) is 0 Å². The molecule has 0 aromatic rings. The molecule has 7 heteroatoms. The highest BCUT2D eigenvalue weighted by atomic mass is 19.2. The molecule has 13 heavy (non-hydrogen) atoms. The first-order chi connectivity index (χ1) is 5.91. The molecule has 0 spiro atoms. The maximum absolute atomic E-state index is 13.1. The quantitative estimate of drug-likeness (QED) is 0.308. The lowest BCUT2D eigenvalue weighted by Gasteiger charge is -2.41. The van der Waals surface area contributed by atoms with Crippen LogP contribution >= 0.6 is 0 Å². The van der Waals surface area contributed by atoms with Gasteiger partial charge in [-0.3, -0.25) is 0 Å². The standard InChI is InChI=1S/C6H11FO6/c7-6(12)3(9)2(1-8)13-5(11)4(6)10/h2-5,8-12H,1H2. The van der Waals surface area contributed by atoms with Crippen LogP contribution in [-0.2, 0) is 4.74 Å². The Hall–Kier alpha value is -0.310. The average Bonchev–Trinajstić information content (AvgIpc) is 2.09. The Morgan fingerprint density at radius 2 is 1.77 bits per heavy atom. The van der Waals surface area contributed by atoms with Gasteiger partial charge in [-0.2, -0.15) is 0 Å². The van der Waals surface area contributed by atoms with Gasteiger partial charge in [0.15, 0.2) is 12.4 Å². The van der Waals surface area contributed by atoms with Gasteiger partial charge in [-0.1, -0.05) is 0 Å². The molecule has 5 N–H and O–H groups in total. The molecule has 1 aliphatic heterocycles. The molecule has 1 aliphatic rings. The summed E-state index contributed by atoms with van der Waals surface area (Å²) in [6.07, 6.45) is -7.80. The van der Waals surface area contributed by atoms with Crippen LogP contribution in [0.5, 0.6) is 0 Å². The first-order valence-electron chi connectivity index (χ1n) is 3.63. The average molecular weight is 198 g/mol. The van der Waals surface area contributed by atoms with Crippen molar-refractivity contribution in [3.63, 3.8) is 0 Å². The van der Waals surface area contributed by atoms with Crippen LogP contribution in [0.25, 0.3) is 0 Å². The SMILES string of the molecule is OCC1OC(O)C(O)C(O)(F)C1O. The van der Waals surface area contributed by atoms with Gasteiger partial charge < -0.3 is 30.3 Å². The van der Waals surface area contributed by atoms with E-state index in [-0.39, 0.29) is 0 Å². The lowest BCUT2D eigenvalue weighted by Crippen LogP contribution is -2.64. The first-order valence-corrected chi connectivity index (χ1v) is 3.63. The largest absolute Gasteiger partial charge is 0.394 e. The van der Waals surface area contributed by atoms with Gasteiger partial charge in [0.1, 0.15) is 12.2 Å². The van der Waals surface area contributed by atoms with E-state index in [4.69, 9.17) is 25.5 Å². The molecule has 0 radical (unpaired) electrons. The molecule has 5 unspecified atom stereocenters. The molecule has 0 saturated carbocycles. The fourth-order valence-corrected chi connectivity index (χ4v) is 1.11. The molecule has 1 fully saturated rings. The molecule has 78 valence electrons. The number of alkyl halides is 1. The van der Waals surface area contributed by atoms with Gasteiger partial charge in [0.25, 0.3) is 5.85 Å². The smallest absolute Gasteiger partial charge is 0.266 e. The number of aliphatic hydroxyl groups is 5. The molecule has 1 saturated heterocycles. The molecule has 5 atom stereocenters. The highest BCUT2D eigenvalue weighted by Crippen LogP contribution is 2.29. The van der Waals surface area contributed by atoms with Crippen LogP contribution in [0.4, 0.5) is 4.39 Å². The summed E-state index contributed by atoms with van der Waals surface area (Å²) in [7, 11) is 0. The van der Waals surface area contributed by atoms with E-state index in [1.165, 1.54) is 0 Å². The molecule has 0 aromatic heterocycles. The van der Waals surface area contributed by atoms with Crippen molar-refractivity contribution in [2.45, 2.75) is 30.5 Å². The Bertz CT molecular complexity index is 186. The molecule has 6 nitrogen and oxygen atoms in total. The number of halogens is 1. The molecule has 0 aliphatic carbocycles. The summed E-state index contributed by atoms with van der Waals surface area (Å²) >= 11 is 0. The zero-order chi connectivity index (χ0) is 10.2. The Balaban J connectivity index is 2.82. The lowest BCUT2D eigenvalue weighted by atomic mass is 9.97. The Kier molecular flexibility index (Phi) is 2.85. The normalized spacial score (nSPS) is 52.2. The molecule has 1 rings (SSSR count). The zero-order valence-corrected chi connectivity index (χ0v) is 6.54. The third-order valence-corrected chi connectivity index (χ3v) is 1.95. The highest BCUT2D eigenvalue weighted by Gasteiger charge is 2.55. The van der Waals surface area contributed by atoms with Crippen LogP contribution in [0.1, 0.15) is 0 Å². The van der Waals surface area contributed by atoms with E-state index in [1.807, 2.05) is 0 Å². The number of ether oxygens (including phenoxy) is 1. The second kappa shape index (κ2) is 3.45. The lowest BCUT2D eigenvalue weighted by molar-refractivity contribution is -0.357. The van der Waals surface area contributed by atoms with Crippen molar-refractivity contribution in [1.82, 2.24) is 0 Å². The van der Waals surface area contributed by atoms with Gasteiger partial charge in [0, 0.05) is 0 Å². The minimum absolute atomic E-state index is 0.781. The van der Waals surface area contributed by atoms with Crippen molar-refractivity contribution in [3.8, 4) is 0 Å². The Morgan fingerprint density at radius 3 is 2.23 bits per heavy atom. The van der Waals surface area contributed by atoms with E-state index in [0.29, 0.717) is 0 Å². The third kappa shape index (κ3) is 1.66. The van der Waals surface area contributed by atoms with Gasteiger partial charge in [0.2, 0.25) is 0 Å². The molecular formula is C6H11FO6. The summed E-state index contributed by atoms with van der Waals surface area (Å²) in [6, 6.07) is 0. The van der Waals surface area contributed by atoms with Crippen molar-refractivity contribution in [3.05, 3.63) is 0 Å². The summed E-state index contributed by atoms with van der Waals surface area (Å²) in [5.74, 6) is -3.38. The molecule has 0 amide bonds. The van der Waals surface area contributed by atoms with E-state index < -0.39 is 37.1 Å². The summed E-state index contributed by atoms with van der Waals surface area (Å²) < 4.78 is 17.5. The van der Waals surface area contributed by atoms with Crippen LogP contribution in [0.2, 0.25) is 0 Å². The van der Waals surface area contributed by atoms with E-state index in [0.717, 1.165) is 0 Å². The van der Waals surface area contributed by atoms with E-state index in [1.54, 1.807) is 0 Å². The maximum atomic E-state index is 13.1. The van der Waals surface area contributed by atoms with Gasteiger partial charge in [-0.15, -0.1) is 0 Å². The van der Waals surface area contributed by atoms with Crippen molar-refractivity contribution < 1.29 is 34.7 Å². The number of aliphatic hydroxyl groups excluding tert-OH is 4. The fourth-order valence-electron chi connectivity index (χ4n) is 1.11. The van der Waals surface area contributed by atoms with Crippen LogP contribution < -0.4 is 0 Å². The van der Waals surface area contributed by atoms with Gasteiger partial charge in [-0.25, -0.2) is 4.39 Å². The topological polar surface area (TPSA) is 110 Å². The predicted octanol–water partition coefficient (Wildman–Crippen LogP) is -2.92. The van der Waals surface area contributed by atoms with Crippen molar-refractivity contribution >= 4 is 0 Å². The summed E-state index contributed by atoms with van der Waals surface area (Å²) in [4.78, 5) is 0. The minimum atomic E-state index is -3.38. The maximum Gasteiger partial charge on any atom is 0.266 e. The van der Waals surface area contributed by atoms with Crippen molar-refractivity contribution in [2.24, 2.45) is 0 Å². The molecule has 1 heterocycles. The van der Waals surface area contributed by atoms with E-state index in [9.17, 15) is 4.39 Å². The number of hydrogen-bond acceptors (Lipinski definition) is 6. The monoisotopic (exact) mass is 198 g/mol. The Labute approximate surface area is 72.8 Å². The first kappa shape index (κ1) is 10.8. The summed E-state index contributed by atoms with van der Waals surface area (Å²) in [6.45, 7) is -0.781. The zero-order valence-electron chi connectivity index (χ0n) is 6.54. The molecule has 0 aromatic carbocycles. The van der Waals surface area contributed by atoms with Gasteiger partial charge >= 0.3 is 0 Å². The highest BCUT2D eigenvalue weighted by molar-refractivity contribution is 4.94. The second-order valence-corrected chi connectivity index (χ2v) is 2.86. The van der Waals surface area contributed by atoms with E-state index >= 15 is 0 Å². The molecular weight excluding hydrogens is 187 g/mol. The number of hydrogen-bond donors (Lipinski definition) is 5. The summed E-state index contributed by atoms with van der Waals surface area (Å²) in [5.41, 5.74) is 0. The second-order valence-electron chi connectivity index (χ2n) is 2.86. The summed E-state index contributed by atoms with van der Waals surface area (Å²) in [5, 5.41) is 44.1. The third-order valence-electron chi connectivity index (χ3n) is 1.95. The van der Waals surface area contributed by atoms with Crippen LogP contribution in [-0.4, -0.2) is 62.6 Å². The predicted molar refractivity (Wildman–Crippen MR) is 36.0 cm³/mol. The fraction of sp³-hybridized carbons (Fsp3) is 1.00.